The van der Waals surface area contributed by atoms with Crippen molar-refractivity contribution in [1.29, 1.82) is 0 Å². The lowest BCUT2D eigenvalue weighted by molar-refractivity contribution is -0.161. The zero-order chi connectivity index (χ0) is 73.4. The Morgan fingerprint density at radius 3 is 0.680 bits per heavy atom. The standard InChI is InChI=1S/C81H158O17P2/c1-6-9-12-15-18-21-24-26-28-29-30-31-32-33-34-36-41-47-52-57-62-67-81(86)98-77(71-92-79(84)65-60-55-50-45-42-37-39-43-48-53-58-63-74(4)5)73-96-100(89,90)94-69-75(82)68-93-99(87,88)95-72-76(70-91-78(83)64-59-54-49-44-38-23-20-17-14-11-8-3)97-80(85)66-61-56-51-46-40-35-27-25-22-19-16-13-10-7-2/h74-77,82H,6-73H2,1-5H3,(H,87,88)(H,89,90)/t75-,76+,77+/m0/s1. The Balaban J connectivity index is 5.22. The quantitative estimate of drug-likeness (QED) is 0.0222. The first-order valence-electron chi connectivity index (χ1n) is 42.1. The lowest BCUT2D eigenvalue weighted by Gasteiger charge is -2.21. The summed E-state index contributed by atoms with van der Waals surface area (Å²) in [6.45, 7) is 7.33. The molecule has 0 rings (SSSR count). The van der Waals surface area contributed by atoms with Crippen LogP contribution in [-0.4, -0.2) is 96.7 Å². The minimum Gasteiger partial charge on any atom is -0.462 e. The van der Waals surface area contributed by atoms with Crippen molar-refractivity contribution in [3.63, 3.8) is 0 Å². The minimum atomic E-state index is -4.96. The lowest BCUT2D eigenvalue weighted by Crippen LogP contribution is -2.30. The number of unbranched alkanes of at least 4 members (excludes halogenated alkanes) is 53. The van der Waals surface area contributed by atoms with Crippen molar-refractivity contribution in [1.82, 2.24) is 0 Å². The highest BCUT2D eigenvalue weighted by atomic mass is 31.2. The molecule has 0 spiro atoms. The molecule has 0 aromatic carbocycles. The Hall–Kier alpha value is -1.94. The normalized spacial score (nSPS) is 13.8. The predicted octanol–water partition coefficient (Wildman–Crippen LogP) is 24.4. The van der Waals surface area contributed by atoms with Crippen molar-refractivity contribution in [3.8, 4) is 0 Å². The third-order valence-corrected chi connectivity index (χ3v) is 20.9. The number of carbonyl (C=O) groups is 4. The van der Waals surface area contributed by atoms with Crippen LogP contribution in [0.1, 0.15) is 433 Å². The maximum Gasteiger partial charge on any atom is 0.472 e. The SMILES string of the molecule is CCCCCCCCCCCCCCCCCCCCCCCC(=O)O[C@H](COC(=O)CCCCCCCCCCCCCC(C)C)COP(=O)(O)OC[C@@H](O)COP(=O)(O)OC[C@@H](COC(=O)CCCCCCCCCCCCC)OC(=O)CCCCCCCCCCCCCCCC. The number of hydrogen-bond donors (Lipinski definition) is 3. The third kappa shape index (κ3) is 74.3. The summed E-state index contributed by atoms with van der Waals surface area (Å²) in [4.78, 5) is 73.0. The van der Waals surface area contributed by atoms with Gasteiger partial charge in [0.25, 0.3) is 0 Å². The Labute approximate surface area is 613 Å². The number of ether oxygens (including phenoxy) is 4. The van der Waals surface area contributed by atoms with E-state index in [4.69, 9.17) is 37.0 Å². The van der Waals surface area contributed by atoms with Crippen molar-refractivity contribution in [3.05, 3.63) is 0 Å². The number of hydrogen-bond acceptors (Lipinski definition) is 15. The monoisotopic (exact) mass is 1470 g/mol. The van der Waals surface area contributed by atoms with Gasteiger partial charge in [0.15, 0.2) is 12.2 Å². The Morgan fingerprint density at radius 2 is 0.460 bits per heavy atom. The van der Waals surface area contributed by atoms with Crippen molar-refractivity contribution >= 4 is 39.5 Å². The average Bonchev–Trinajstić information content (AvgIpc) is 0.933. The highest BCUT2D eigenvalue weighted by Gasteiger charge is 2.30. The summed E-state index contributed by atoms with van der Waals surface area (Å²) >= 11 is 0. The summed E-state index contributed by atoms with van der Waals surface area (Å²) in [6, 6.07) is 0. The van der Waals surface area contributed by atoms with Crippen LogP contribution < -0.4 is 0 Å². The molecule has 0 heterocycles. The van der Waals surface area contributed by atoms with Gasteiger partial charge in [-0.25, -0.2) is 9.13 Å². The van der Waals surface area contributed by atoms with Crippen molar-refractivity contribution in [2.75, 3.05) is 39.6 Å². The molecule has 3 N–H and O–H groups in total. The molecule has 0 aliphatic carbocycles. The highest BCUT2D eigenvalue weighted by molar-refractivity contribution is 7.47. The maximum absolute atomic E-state index is 13.1. The summed E-state index contributed by atoms with van der Waals surface area (Å²) in [5, 5.41) is 10.6. The van der Waals surface area contributed by atoms with Gasteiger partial charge in [-0.3, -0.25) is 37.3 Å². The van der Waals surface area contributed by atoms with Gasteiger partial charge < -0.3 is 33.8 Å². The molecule has 0 aliphatic rings. The fourth-order valence-electron chi connectivity index (χ4n) is 12.6. The van der Waals surface area contributed by atoms with E-state index < -0.39 is 97.5 Å². The molecule has 2 unspecified atom stereocenters. The van der Waals surface area contributed by atoms with E-state index in [2.05, 4.69) is 34.6 Å². The molecule has 0 aromatic heterocycles. The first kappa shape index (κ1) is 98.1. The molecule has 0 radical (unpaired) electrons. The Bertz CT molecular complexity index is 1910. The van der Waals surface area contributed by atoms with Crippen LogP contribution in [0.3, 0.4) is 0 Å². The van der Waals surface area contributed by atoms with Crippen molar-refractivity contribution in [2.24, 2.45) is 5.92 Å². The van der Waals surface area contributed by atoms with E-state index in [-0.39, 0.29) is 25.7 Å². The summed E-state index contributed by atoms with van der Waals surface area (Å²) in [6.07, 6.45) is 65.2. The van der Waals surface area contributed by atoms with Crippen LogP contribution in [0.2, 0.25) is 0 Å². The van der Waals surface area contributed by atoms with Crippen LogP contribution in [0.15, 0.2) is 0 Å². The molecule has 0 saturated carbocycles. The van der Waals surface area contributed by atoms with E-state index in [1.54, 1.807) is 0 Å². The number of esters is 4. The van der Waals surface area contributed by atoms with Gasteiger partial charge in [-0.1, -0.05) is 381 Å². The zero-order valence-corrected chi connectivity index (χ0v) is 67.1. The molecular formula is C81H158O17P2. The van der Waals surface area contributed by atoms with Crippen molar-refractivity contribution in [2.45, 2.75) is 451 Å². The second-order valence-corrected chi connectivity index (χ2v) is 32.5. The molecule has 0 saturated heterocycles. The molecule has 5 atom stereocenters. The number of phosphoric ester groups is 2. The summed E-state index contributed by atoms with van der Waals surface area (Å²) < 4.78 is 68.7. The summed E-state index contributed by atoms with van der Waals surface area (Å²) in [5.74, 6) is -1.33. The second kappa shape index (κ2) is 73.9. The molecule has 17 nitrogen and oxygen atoms in total. The van der Waals surface area contributed by atoms with Crippen LogP contribution in [0.5, 0.6) is 0 Å². The molecular weight excluding hydrogens is 1310 g/mol. The second-order valence-electron chi connectivity index (χ2n) is 29.6. The molecule has 0 amide bonds. The molecule has 100 heavy (non-hydrogen) atoms. The average molecular weight is 1470 g/mol. The molecule has 19 heteroatoms. The molecule has 0 fully saturated rings. The van der Waals surface area contributed by atoms with E-state index in [1.807, 2.05) is 0 Å². The number of carbonyl (C=O) groups excluding carboxylic acids is 4. The van der Waals surface area contributed by atoms with Crippen LogP contribution in [0.25, 0.3) is 0 Å². The topological polar surface area (TPSA) is 237 Å². The fourth-order valence-corrected chi connectivity index (χ4v) is 14.2. The fraction of sp³-hybridized carbons (Fsp3) is 0.951. The van der Waals surface area contributed by atoms with E-state index >= 15 is 0 Å². The zero-order valence-electron chi connectivity index (χ0n) is 65.3. The first-order chi connectivity index (χ1) is 48.5. The summed E-state index contributed by atoms with van der Waals surface area (Å²) in [5.41, 5.74) is 0. The van der Waals surface area contributed by atoms with Gasteiger partial charge in [-0.2, -0.15) is 0 Å². The maximum atomic E-state index is 13.1. The van der Waals surface area contributed by atoms with Gasteiger partial charge in [0.1, 0.15) is 19.3 Å². The number of rotatable bonds is 81. The number of aliphatic hydroxyl groups is 1. The van der Waals surface area contributed by atoms with Gasteiger partial charge >= 0.3 is 39.5 Å². The van der Waals surface area contributed by atoms with Crippen LogP contribution in [0, 0.1) is 5.92 Å². The first-order valence-corrected chi connectivity index (χ1v) is 45.1. The smallest absolute Gasteiger partial charge is 0.462 e. The molecule has 594 valence electrons. The lowest BCUT2D eigenvalue weighted by atomic mass is 10.0. The van der Waals surface area contributed by atoms with Crippen LogP contribution >= 0.6 is 15.6 Å². The van der Waals surface area contributed by atoms with Crippen LogP contribution in [-0.2, 0) is 65.4 Å². The predicted molar refractivity (Wildman–Crippen MR) is 409 cm³/mol. The number of aliphatic hydroxyl groups excluding tert-OH is 1. The van der Waals surface area contributed by atoms with E-state index in [1.165, 1.54) is 257 Å². The number of phosphoric acid groups is 2. The van der Waals surface area contributed by atoms with Gasteiger partial charge in [-0.15, -0.1) is 0 Å². The minimum absolute atomic E-state index is 0.108. The van der Waals surface area contributed by atoms with E-state index in [0.29, 0.717) is 25.7 Å². The third-order valence-electron chi connectivity index (χ3n) is 19.0. The van der Waals surface area contributed by atoms with Gasteiger partial charge in [-0.05, 0) is 31.6 Å². The Kier molecular flexibility index (Phi) is 72.5. The molecule has 0 bridgehead atoms. The van der Waals surface area contributed by atoms with Crippen LogP contribution in [0.4, 0.5) is 0 Å². The molecule has 0 aromatic rings. The molecule has 0 aliphatic heterocycles. The van der Waals surface area contributed by atoms with Gasteiger partial charge in [0.2, 0.25) is 0 Å². The summed E-state index contributed by atoms with van der Waals surface area (Å²) in [7, 11) is -9.92. The largest absolute Gasteiger partial charge is 0.472 e. The highest BCUT2D eigenvalue weighted by Crippen LogP contribution is 2.45. The van der Waals surface area contributed by atoms with E-state index in [9.17, 15) is 43.2 Å². The van der Waals surface area contributed by atoms with Gasteiger partial charge in [0.05, 0.1) is 26.4 Å². The Morgan fingerprint density at radius 1 is 0.270 bits per heavy atom. The van der Waals surface area contributed by atoms with E-state index in [0.717, 1.165) is 95.8 Å². The van der Waals surface area contributed by atoms with Gasteiger partial charge in [0, 0.05) is 25.7 Å². The van der Waals surface area contributed by atoms with Crippen molar-refractivity contribution < 1.29 is 80.2 Å².